The third-order valence-corrected chi connectivity index (χ3v) is 3.40. The van der Waals surface area contributed by atoms with Gasteiger partial charge in [0.15, 0.2) is 6.61 Å². The number of hydrogen-bond acceptors (Lipinski definition) is 4. The summed E-state index contributed by atoms with van der Waals surface area (Å²) < 4.78 is 11.4. The number of esters is 1. The van der Waals surface area contributed by atoms with E-state index < -0.39 is 11.9 Å². The zero-order valence-electron chi connectivity index (χ0n) is 13.4. The molecule has 0 bridgehead atoms. The Hall–Kier alpha value is -2.34. The van der Waals surface area contributed by atoms with Crippen molar-refractivity contribution in [1.82, 2.24) is 0 Å². The molecule has 2 rings (SSSR count). The van der Waals surface area contributed by atoms with E-state index in [1.165, 1.54) is 0 Å². The first-order chi connectivity index (χ1) is 11.4. The van der Waals surface area contributed by atoms with E-state index in [1.54, 1.807) is 42.5 Å². The van der Waals surface area contributed by atoms with Crippen LogP contribution in [0.1, 0.15) is 24.2 Å². The van der Waals surface area contributed by atoms with E-state index in [2.05, 4.69) is 21.2 Å². The number of anilines is 1. The van der Waals surface area contributed by atoms with Crippen molar-refractivity contribution >= 4 is 33.5 Å². The molecule has 6 heteroatoms. The van der Waals surface area contributed by atoms with Gasteiger partial charge in [0.05, 0.1) is 11.7 Å². The van der Waals surface area contributed by atoms with Crippen molar-refractivity contribution < 1.29 is 19.1 Å². The standard InChI is InChI=1S/C18H18BrNO4/c1-12(2)24-16-8-6-13(7-9-16)18(22)23-11-17(21)20-15-5-3-4-14(19)10-15/h3-10,12H,11H2,1-2H3,(H,20,21). The topological polar surface area (TPSA) is 64.6 Å². The first-order valence-corrected chi connectivity index (χ1v) is 8.22. The number of carbonyl (C=O) groups is 2. The molecular weight excluding hydrogens is 374 g/mol. The number of amides is 1. The number of hydrogen-bond donors (Lipinski definition) is 1. The van der Waals surface area contributed by atoms with Gasteiger partial charge in [-0.15, -0.1) is 0 Å². The summed E-state index contributed by atoms with van der Waals surface area (Å²) >= 11 is 3.32. The second-order valence-corrected chi connectivity index (χ2v) is 6.24. The molecule has 0 aliphatic carbocycles. The Morgan fingerprint density at radius 2 is 1.83 bits per heavy atom. The molecule has 24 heavy (non-hydrogen) atoms. The normalized spacial score (nSPS) is 10.3. The van der Waals surface area contributed by atoms with Crippen LogP contribution in [0.2, 0.25) is 0 Å². The van der Waals surface area contributed by atoms with Crippen LogP contribution in [0.3, 0.4) is 0 Å². The van der Waals surface area contributed by atoms with Crippen LogP contribution in [-0.2, 0) is 9.53 Å². The Bertz CT molecular complexity index is 713. The van der Waals surface area contributed by atoms with Crippen molar-refractivity contribution in [2.45, 2.75) is 20.0 Å². The number of halogens is 1. The summed E-state index contributed by atoms with van der Waals surface area (Å²) in [5, 5.41) is 2.65. The lowest BCUT2D eigenvalue weighted by molar-refractivity contribution is -0.119. The van der Waals surface area contributed by atoms with Crippen LogP contribution in [0.5, 0.6) is 5.75 Å². The van der Waals surface area contributed by atoms with Gasteiger partial charge in [-0.1, -0.05) is 22.0 Å². The fraction of sp³-hybridized carbons (Fsp3) is 0.222. The fourth-order valence-corrected chi connectivity index (χ4v) is 2.32. The summed E-state index contributed by atoms with van der Waals surface area (Å²) in [6, 6.07) is 13.7. The van der Waals surface area contributed by atoms with Crippen LogP contribution in [0.25, 0.3) is 0 Å². The number of ether oxygens (including phenoxy) is 2. The third kappa shape index (κ3) is 5.70. The minimum Gasteiger partial charge on any atom is -0.491 e. The lowest BCUT2D eigenvalue weighted by Gasteiger charge is -2.10. The molecule has 5 nitrogen and oxygen atoms in total. The van der Waals surface area contributed by atoms with Crippen LogP contribution in [0, 0.1) is 0 Å². The minimum absolute atomic E-state index is 0.0597. The van der Waals surface area contributed by atoms with E-state index in [4.69, 9.17) is 9.47 Å². The van der Waals surface area contributed by atoms with Crippen LogP contribution >= 0.6 is 15.9 Å². The van der Waals surface area contributed by atoms with Crippen molar-refractivity contribution in [2.24, 2.45) is 0 Å². The van der Waals surface area contributed by atoms with Gasteiger partial charge in [0.25, 0.3) is 5.91 Å². The maximum absolute atomic E-state index is 11.9. The van der Waals surface area contributed by atoms with Crippen molar-refractivity contribution in [3.63, 3.8) is 0 Å². The average Bonchev–Trinajstić information content (AvgIpc) is 2.53. The predicted molar refractivity (Wildman–Crippen MR) is 95.3 cm³/mol. The molecule has 126 valence electrons. The molecule has 0 aliphatic rings. The van der Waals surface area contributed by atoms with E-state index >= 15 is 0 Å². The summed E-state index contributed by atoms with van der Waals surface area (Å²) in [6.07, 6.45) is 0.0597. The molecular formula is C18H18BrNO4. The average molecular weight is 392 g/mol. The highest BCUT2D eigenvalue weighted by molar-refractivity contribution is 9.10. The summed E-state index contributed by atoms with van der Waals surface area (Å²) in [7, 11) is 0. The van der Waals surface area contributed by atoms with Gasteiger partial charge in [0.2, 0.25) is 0 Å². The van der Waals surface area contributed by atoms with Gasteiger partial charge in [-0.2, -0.15) is 0 Å². The molecule has 1 amide bonds. The molecule has 0 spiro atoms. The van der Waals surface area contributed by atoms with E-state index in [1.807, 2.05) is 19.9 Å². The Labute approximate surface area is 149 Å². The maximum Gasteiger partial charge on any atom is 0.338 e. The van der Waals surface area contributed by atoms with Gasteiger partial charge in [-0.05, 0) is 56.3 Å². The fourth-order valence-electron chi connectivity index (χ4n) is 1.92. The number of nitrogens with one attached hydrogen (secondary N) is 1. The third-order valence-electron chi connectivity index (χ3n) is 2.90. The number of benzene rings is 2. The molecule has 0 saturated carbocycles. The zero-order chi connectivity index (χ0) is 17.5. The lowest BCUT2D eigenvalue weighted by Crippen LogP contribution is -2.20. The predicted octanol–water partition coefficient (Wildman–Crippen LogP) is 4.03. The van der Waals surface area contributed by atoms with E-state index in [0.717, 1.165) is 4.47 Å². The maximum atomic E-state index is 11.9. The second kappa shape index (κ2) is 8.49. The molecule has 0 heterocycles. The summed E-state index contributed by atoms with van der Waals surface area (Å²) in [4.78, 5) is 23.7. The van der Waals surface area contributed by atoms with Crippen molar-refractivity contribution in [3.8, 4) is 5.75 Å². The quantitative estimate of drug-likeness (QED) is 0.754. The van der Waals surface area contributed by atoms with Gasteiger partial charge < -0.3 is 14.8 Å². The SMILES string of the molecule is CC(C)Oc1ccc(C(=O)OCC(=O)Nc2cccc(Br)c2)cc1. The van der Waals surface area contributed by atoms with Crippen molar-refractivity contribution in [3.05, 3.63) is 58.6 Å². The Morgan fingerprint density at radius 1 is 1.12 bits per heavy atom. The molecule has 2 aromatic rings. The monoisotopic (exact) mass is 391 g/mol. The molecule has 0 saturated heterocycles. The molecule has 0 radical (unpaired) electrons. The van der Waals surface area contributed by atoms with Gasteiger partial charge in [0.1, 0.15) is 5.75 Å². The van der Waals surface area contributed by atoms with E-state index in [0.29, 0.717) is 17.0 Å². The number of carbonyl (C=O) groups excluding carboxylic acids is 2. The zero-order valence-corrected chi connectivity index (χ0v) is 15.0. The van der Waals surface area contributed by atoms with Gasteiger partial charge in [-0.25, -0.2) is 4.79 Å². The lowest BCUT2D eigenvalue weighted by atomic mass is 10.2. The molecule has 0 aromatic heterocycles. The molecule has 0 atom stereocenters. The Morgan fingerprint density at radius 3 is 2.46 bits per heavy atom. The van der Waals surface area contributed by atoms with E-state index in [9.17, 15) is 9.59 Å². The second-order valence-electron chi connectivity index (χ2n) is 5.33. The number of rotatable bonds is 6. The summed E-state index contributed by atoms with van der Waals surface area (Å²) in [5.74, 6) is -0.286. The Kier molecular flexibility index (Phi) is 6.37. The van der Waals surface area contributed by atoms with Gasteiger partial charge in [0, 0.05) is 10.2 Å². The van der Waals surface area contributed by atoms with Crippen LogP contribution in [0.15, 0.2) is 53.0 Å². The molecule has 0 fully saturated rings. The molecule has 1 N–H and O–H groups in total. The van der Waals surface area contributed by atoms with Crippen molar-refractivity contribution in [2.75, 3.05) is 11.9 Å². The van der Waals surface area contributed by atoms with Crippen LogP contribution in [-0.4, -0.2) is 24.6 Å². The smallest absolute Gasteiger partial charge is 0.338 e. The Balaban J connectivity index is 1.85. The highest BCUT2D eigenvalue weighted by Crippen LogP contribution is 2.16. The summed E-state index contributed by atoms with van der Waals surface area (Å²) in [5.41, 5.74) is 0.988. The largest absolute Gasteiger partial charge is 0.491 e. The minimum atomic E-state index is -0.560. The van der Waals surface area contributed by atoms with Gasteiger partial charge >= 0.3 is 5.97 Å². The van der Waals surface area contributed by atoms with E-state index in [-0.39, 0.29) is 12.7 Å². The highest BCUT2D eigenvalue weighted by Gasteiger charge is 2.11. The highest BCUT2D eigenvalue weighted by atomic mass is 79.9. The van der Waals surface area contributed by atoms with Crippen molar-refractivity contribution in [1.29, 1.82) is 0 Å². The summed E-state index contributed by atoms with van der Waals surface area (Å²) in [6.45, 7) is 3.49. The molecule has 0 aliphatic heterocycles. The first kappa shape index (κ1) is 18.0. The van der Waals surface area contributed by atoms with Crippen LogP contribution in [0.4, 0.5) is 5.69 Å². The molecule has 2 aromatic carbocycles. The van der Waals surface area contributed by atoms with Crippen LogP contribution < -0.4 is 10.1 Å². The molecule has 0 unspecified atom stereocenters. The van der Waals surface area contributed by atoms with Gasteiger partial charge in [-0.3, -0.25) is 4.79 Å². The first-order valence-electron chi connectivity index (χ1n) is 7.43.